The summed E-state index contributed by atoms with van der Waals surface area (Å²) in [6.45, 7) is 2.44. The van der Waals surface area contributed by atoms with Crippen LogP contribution in [-0.2, 0) is 4.79 Å². The summed E-state index contributed by atoms with van der Waals surface area (Å²) in [5.41, 5.74) is 1.06. The number of hydrogen-bond donors (Lipinski definition) is 1. The number of hydrogen-bond acceptors (Lipinski definition) is 2. The summed E-state index contributed by atoms with van der Waals surface area (Å²) in [6.07, 6.45) is 4.36. The summed E-state index contributed by atoms with van der Waals surface area (Å²) in [4.78, 5) is 14.5. The summed E-state index contributed by atoms with van der Waals surface area (Å²) in [5.74, 6) is 1.09. The van der Waals surface area contributed by atoms with E-state index < -0.39 is 0 Å². The summed E-state index contributed by atoms with van der Waals surface area (Å²) in [6, 6.07) is 7.92. The lowest BCUT2D eigenvalue weighted by Gasteiger charge is -2.37. The Hall–Kier alpha value is -0.770. The highest BCUT2D eigenvalue weighted by Crippen LogP contribution is 2.34. The van der Waals surface area contributed by atoms with E-state index in [0.717, 1.165) is 42.6 Å². The molecule has 2 fully saturated rings. The van der Waals surface area contributed by atoms with Crippen LogP contribution in [0.3, 0.4) is 0 Å². The zero-order valence-electron chi connectivity index (χ0n) is 12.1. The second-order valence-electron chi connectivity index (χ2n) is 5.81. The van der Waals surface area contributed by atoms with Crippen LogP contribution >= 0.6 is 24.0 Å². The SMILES string of the molecule is Cl.O=C(CCC1CC1)N1CCNCC1c1ccccc1Cl. The Labute approximate surface area is 137 Å². The monoisotopic (exact) mass is 328 g/mol. The minimum absolute atomic E-state index is 0. The topological polar surface area (TPSA) is 32.3 Å². The predicted molar refractivity (Wildman–Crippen MR) is 88.0 cm³/mol. The van der Waals surface area contributed by atoms with Crippen molar-refractivity contribution in [2.75, 3.05) is 19.6 Å². The molecule has 0 spiro atoms. The number of benzene rings is 1. The van der Waals surface area contributed by atoms with Gasteiger partial charge in [0.1, 0.15) is 0 Å². The van der Waals surface area contributed by atoms with Crippen LogP contribution in [-0.4, -0.2) is 30.4 Å². The summed E-state index contributed by atoms with van der Waals surface area (Å²) in [7, 11) is 0. The maximum absolute atomic E-state index is 12.5. The lowest BCUT2D eigenvalue weighted by molar-refractivity contribution is -0.134. The van der Waals surface area contributed by atoms with Crippen molar-refractivity contribution >= 4 is 29.9 Å². The summed E-state index contributed by atoms with van der Waals surface area (Å²) in [5, 5.41) is 4.12. The average molecular weight is 329 g/mol. The highest BCUT2D eigenvalue weighted by molar-refractivity contribution is 6.31. The van der Waals surface area contributed by atoms with Crippen molar-refractivity contribution in [1.29, 1.82) is 0 Å². The van der Waals surface area contributed by atoms with Gasteiger partial charge in [0.2, 0.25) is 5.91 Å². The van der Waals surface area contributed by atoms with E-state index in [1.165, 1.54) is 12.8 Å². The van der Waals surface area contributed by atoms with Gasteiger partial charge in [0.25, 0.3) is 0 Å². The van der Waals surface area contributed by atoms with Gasteiger partial charge in [0.05, 0.1) is 6.04 Å². The third-order valence-corrected chi connectivity index (χ3v) is 4.64. The number of nitrogens with zero attached hydrogens (tertiary/aromatic N) is 1. The molecule has 1 saturated carbocycles. The van der Waals surface area contributed by atoms with E-state index in [1.807, 2.05) is 29.2 Å². The fourth-order valence-electron chi connectivity index (χ4n) is 2.90. The molecule has 1 unspecified atom stereocenters. The number of carbonyl (C=O) groups is 1. The van der Waals surface area contributed by atoms with Crippen molar-refractivity contribution in [2.24, 2.45) is 5.92 Å². The Morgan fingerprint density at radius 1 is 1.33 bits per heavy atom. The molecule has 1 amide bonds. The normalized spacial score (nSPS) is 21.8. The Morgan fingerprint density at radius 3 is 2.81 bits per heavy atom. The van der Waals surface area contributed by atoms with Crippen LogP contribution in [0, 0.1) is 5.92 Å². The molecular weight excluding hydrogens is 307 g/mol. The lowest BCUT2D eigenvalue weighted by atomic mass is 10.0. The smallest absolute Gasteiger partial charge is 0.223 e. The van der Waals surface area contributed by atoms with Crippen LogP contribution in [0.5, 0.6) is 0 Å². The average Bonchev–Trinajstić information content (AvgIpc) is 3.29. The number of carbonyl (C=O) groups excluding carboxylic acids is 1. The minimum Gasteiger partial charge on any atom is -0.333 e. The van der Waals surface area contributed by atoms with Crippen molar-refractivity contribution < 1.29 is 4.79 Å². The molecule has 1 aliphatic heterocycles. The van der Waals surface area contributed by atoms with Crippen molar-refractivity contribution in [1.82, 2.24) is 10.2 Å². The Kier molecular flexibility index (Phi) is 5.91. The van der Waals surface area contributed by atoms with Gasteiger partial charge in [-0.2, -0.15) is 0 Å². The predicted octanol–water partition coefficient (Wildman–Crippen LogP) is 3.42. The molecule has 2 aliphatic rings. The van der Waals surface area contributed by atoms with Gasteiger partial charge in [0.15, 0.2) is 0 Å². The molecule has 3 rings (SSSR count). The molecule has 1 heterocycles. The highest BCUT2D eigenvalue weighted by Gasteiger charge is 2.30. The molecule has 0 radical (unpaired) electrons. The van der Waals surface area contributed by atoms with E-state index in [9.17, 15) is 4.79 Å². The number of nitrogens with one attached hydrogen (secondary N) is 1. The molecule has 1 atom stereocenters. The third kappa shape index (κ3) is 4.12. The Balaban J connectivity index is 0.00000161. The van der Waals surface area contributed by atoms with Crippen molar-refractivity contribution in [3.63, 3.8) is 0 Å². The fraction of sp³-hybridized carbons (Fsp3) is 0.562. The first kappa shape index (κ1) is 16.6. The van der Waals surface area contributed by atoms with Crippen LogP contribution in [0.25, 0.3) is 0 Å². The van der Waals surface area contributed by atoms with Gasteiger partial charge in [-0.25, -0.2) is 0 Å². The van der Waals surface area contributed by atoms with Crippen LogP contribution in [0.2, 0.25) is 5.02 Å². The van der Waals surface area contributed by atoms with Gasteiger partial charge in [0, 0.05) is 31.1 Å². The maximum Gasteiger partial charge on any atom is 0.223 e. The maximum atomic E-state index is 12.5. The molecule has 0 aromatic heterocycles. The Bertz CT molecular complexity index is 491. The molecule has 3 nitrogen and oxygen atoms in total. The third-order valence-electron chi connectivity index (χ3n) is 4.29. The molecule has 1 aliphatic carbocycles. The van der Waals surface area contributed by atoms with Crippen molar-refractivity contribution in [3.05, 3.63) is 34.9 Å². The molecule has 1 aromatic carbocycles. The van der Waals surface area contributed by atoms with Crippen LogP contribution < -0.4 is 5.32 Å². The van der Waals surface area contributed by atoms with Crippen molar-refractivity contribution in [2.45, 2.75) is 31.7 Å². The van der Waals surface area contributed by atoms with E-state index >= 15 is 0 Å². The van der Waals surface area contributed by atoms with Crippen LogP contribution in [0.1, 0.15) is 37.3 Å². The zero-order chi connectivity index (χ0) is 13.9. The number of amides is 1. The van der Waals surface area contributed by atoms with Gasteiger partial charge in [-0.05, 0) is 24.0 Å². The van der Waals surface area contributed by atoms with Gasteiger partial charge in [-0.3, -0.25) is 4.79 Å². The minimum atomic E-state index is 0. The van der Waals surface area contributed by atoms with E-state index in [-0.39, 0.29) is 24.4 Å². The molecule has 1 aromatic rings. The first-order valence-corrected chi connectivity index (χ1v) is 7.88. The quantitative estimate of drug-likeness (QED) is 0.918. The van der Waals surface area contributed by atoms with Crippen LogP contribution in [0.15, 0.2) is 24.3 Å². The van der Waals surface area contributed by atoms with Gasteiger partial charge in [-0.15, -0.1) is 12.4 Å². The molecule has 21 heavy (non-hydrogen) atoms. The zero-order valence-corrected chi connectivity index (χ0v) is 13.6. The van der Waals surface area contributed by atoms with Gasteiger partial charge >= 0.3 is 0 Å². The van der Waals surface area contributed by atoms with E-state index in [2.05, 4.69) is 5.32 Å². The van der Waals surface area contributed by atoms with E-state index in [0.29, 0.717) is 6.42 Å². The highest BCUT2D eigenvalue weighted by atomic mass is 35.5. The van der Waals surface area contributed by atoms with E-state index in [1.54, 1.807) is 0 Å². The number of halogens is 2. The molecule has 0 bridgehead atoms. The van der Waals surface area contributed by atoms with Crippen molar-refractivity contribution in [3.8, 4) is 0 Å². The first-order chi connectivity index (χ1) is 9.75. The first-order valence-electron chi connectivity index (χ1n) is 7.50. The number of rotatable bonds is 4. The molecule has 5 heteroatoms. The molecule has 1 saturated heterocycles. The lowest BCUT2D eigenvalue weighted by Crippen LogP contribution is -2.48. The molecule has 1 N–H and O–H groups in total. The second kappa shape index (κ2) is 7.48. The van der Waals surface area contributed by atoms with Gasteiger partial charge < -0.3 is 10.2 Å². The summed E-state index contributed by atoms with van der Waals surface area (Å²) < 4.78 is 0. The molecular formula is C16H22Cl2N2O. The standard InChI is InChI=1S/C16H21ClN2O.ClH/c17-14-4-2-1-3-13(14)15-11-18-9-10-19(15)16(20)8-7-12-5-6-12;/h1-4,12,15,18H,5-11H2;1H. The second-order valence-corrected chi connectivity index (χ2v) is 6.22. The summed E-state index contributed by atoms with van der Waals surface area (Å²) >= 11 is 6.30. The Morgan fingerprint density at radius 2 is 2.10 bits per heavy atom. The fourth-order valence-corrected chi connectivity index (χ4v) is 3.17. The number of piperazine rings is 1. The largest absolute Gasteiger partial charge is 0.333 e. The molecule has 116 valence electrons. The van der Waals surface area contributed by atoms with Gasteiger partial charge in [-0.1, -0.05) is 42.6 Å². The van der Waals surface area contributed by atoms with E-state index in [4.69, 9.17) is 11.6 Å². The van der Waals surface area contributed by atoms with Crippen LogP contribution in [0.4, 0.5) is 0 Å².